The van der Waals surface area contributed by atoms with Crippen molar-refractivity contribution in [3.05, 3.63) is 45.5 Å². The fraction of sp³-hybridized carbons (Fsp3) is 0.533. The van der Waals surface area contributed by atoms with Crippen LogP contribution in [0.15, 0.2) is 24.3 Å². The van der Waals surface area contributed by atoms with E-state index in [1.165, 1.54) is 11.8 Å². The van der Waals surface area contributed by atoms with Crippen LogP contribution >= 0.6 is 11.8 Å². The molecule has 0 aliphatic carbocycles. The molecular formula is C15H21NO4S. The average molecular weight is 311 g/mol. The lowest BCUT2D eigenvalue weighted by Crippen LogP contribution is -2.14. The van der Waals surface area contributed by atoms with Crippen molar-refractivity contribution in [2.45, 2.75) is 31.9 Å². The first-order valence-electron chi connectivity index (χ1n) is 6.98. The molecule has 0 fully saturated rings. The summed E-state index contributed by atoms with van der Waals surface area (Å²) in [5, 5.41) is 10.4. The first-order valence-corrected chi connectivity index (χ1v) is 8.03. The number of hydrogen-bond acceptors (Lipinski definition) is 5. The first kappa shape index (κ1) is 17.5. The Balaban J connectivity index is 2.56. The topological polar surface area (TPSA) is 69.4 Å². The minimum absolute atomic E-state index is 0.135. The molecule has 0 saturated heterocycles. The second-order valence-electron chi connectivity index (χ2n) is 4.80. The number of carbonyl (C=O) groups is 1. The lowest BCUT2D eigenvalue weighted by molar-refractivity contribution is -0.479. The van der Waals surface area contributed by atoms with Crippen LogP contribution in [0.2, 0.25) is 0 Å². The Morgan fingerprint density at radius 1 is 1.38 bits per heavy atom. The average Bonchev–Trinajstić information content (AvgIpc) is 2.44. The number of benzene rings is 1. The highest BCUT2D eigenvalue weighted by molar-refractivity contribution is 8.00. The Morgan fingerprint density at radius 2 is 2.05 bits per heavy atom. The van der Waals surface area contributed by atoms with Crippen molar-refractivity contribution in [3.63, 3.8) is 0 Å². The Bertz CT molecular complexity index is 461. The maximum Gasteiger partial charge on any atom is 0.315 e. The summed E-state index contributed by atoms with van der Waals surface area (Å²) < 4.78 is 5.06. The molecule has 0 bridgehead atoms. The van der Waals surface area contributed by atoms with Crippen LogP contribution in [0.25, 0.3) is 0 Å². The van der Waals surface area contributed by atoms with Crippen LogP contribution in [-0.4, -0.2) is 29.8 Å². The van der Waals surface area contributed by atoms with Gasteiger partial charge >= 0.3 is 5.97 Å². The first-order chi connectivity index (χ1) is 10.0. The third-order valence-corrected chi connectivity index (χ3v) is 4.15. The van der Waals surface area contributed by atoms with Gasteiger partial charge in [0.05, 0.1) is 17.6 Å². The second-order valence-corrected chi connectivity index (χ2v) is 5.99. The summed E-state index contributed by atoms with van der Waals surface area (Å²) in [6, 6.07) is 7.59. The molecule has 0 radical (unpaired) electrons. The molecule has 0 spiro atoms. The van der Waals surface area contributed by atoms with E-state index in [0.29, 0.717) is 6.61 Å². The largest absolute Gasteiger partial charge is 0.465 e. The van der Waals surface area contributed by atoms with Gasteiger partial charge in [0, 0.05) is 4.92 Å². The van der Waals surface area contributed by atoms with E-state index >= 15 is 0 Å². The van der Waals surface area contributed by atoms with E-state index in [9.17, 15) is 14.9 Å². The zero-order valence-electron chi connectivity index (χ0n) is 12.4. The normalized spacial score (nSPS) is 11.9. The molecule has 21 heavy (non-hydrogen) atoms. The fourth-order valence-corrected chi connectivity index (χ4v) is 2.71. The molecule has 6 heteroatoms. The number of esters is 1. The zero-order chi connectivity index (χ0) is 15.7. The predicted octanol–water partition coefficient (Wildman–Crippen LogP) is 3.39. The van der Waals surface area contributed by atoms with Crippen molar-refractivity contribution in [3.8, 4) is 0 Å². The zero-order valence-corrected chi connectivity index (χ0v) is 13.2. The highest BCUT2D eigenvalue weighted by atomic mass is 32.2. The summed E-state index contributed by atoms with van der Waals surface area (Å²) >= 11 is 1.26. The third kappa shape index (κ3) is 7.13. The number of carbonyl (C=O) groups excluding carboxylic acids is 1. The van der Waals surface area contributed by atoms with Gasteiger partial charge in [-0.3, -0.25) is 14.9 Å². The van der Waals surface area contributed by atoms with Crippen LogP contribution in [0.1, 0.15) is 36.1 Å². The molecule has 0 saturated carbocycles. The van der Waals surface area contributed by atoms with Crippen molar-refractivity contribution >= 4 is 17.7 Å². The minimum atomic E-state index is -0.347. The number of unbranched alkanes of at least 4 members (excludes halogenated alkanes) is 1. The molecule has 0 aliphatic rings. The molecule has 0 aliphatic heterocycles. The van der Waals surface area contributed by atoms with Gasteiger partial charge in [-0.05, 0) is 18.9 Å². The van der Waals surface area contributed by atoms with Crippen molar-refractivity contribution in [1.29, 1.82) is 0 Å². The van der Waals surface area contributed by atoms with Crippen LogP contribution < -0.4 is 0 Å². The molecular weight excluding hydrogens is 290 g/mol. The molecule has 0 heterocycles. The van der Waals surface area contributed by atoms with E-state index < -0.39 is 0 Å². The fourth-order valence-electron chi connectivity index (χ4n) is 1.71. The molecule has 0 N–H and O–H groups in total. The number of nitrogens with zero attached hydrogens (tertiary/aromatic N) is 1. The summed E-state index contributed by atoms with van der Waals surface area (Å²) in [4.78, 5) is 22.0. The van der Waals surface area contributed by atoms with Crippen LogP contribution in [0, 0.1) is 17.0 Å². The summed E-state index contributed by atoms with van der Waals surface area (Å²) in [5.41, 5.74) is 1.96. The smallest absolute Gasteiger partial charge is 0.315 e. The summed E-state index contributed by atoms with van der Waals surface area (Å²) in [6.07, 6.45) is 1.81. The lowest BCUT2D eigenvalue weighted by Gasteiger charge is -2.13. The van der Waals surface area contributed by atoms with Gasteiger partial charge in [-0.2, -0.15) is 0 Å². The molecule has 1 atom stereocenters. The SMILES string of the molecule is CCCCOC(=O)CSC(C[N+](=O)[O-])c1ccc(C)cc1. The second kappa shape index (κ2) is 9.39. The lowest BCUT2D eigenvalue weighted by atomic mass is 10.1. The number of hydrogen-bond donors (Lipinski definition) is 0. The van der Waals surface area contributed by atoms with Gasteiger partial charge < -0.3 is 4.74 Å². The molecule has 1 aromatic carbocycles. The quantitative estimate of drug-likeness (QED) is 0.302. The third-order valence-electron chi connectivity index (χ3n) is 2.93. The van der Waals surface area contributed by atoms with Crippen molar-refractivity contribution in [2.75, 3.05) is 18.9 Å². The minimum Gasteiger partial charge on any atom is -0.465 e. The summed E-state index contributed by atoms with van der Waals surface area (Å²) in [7, 11) is 0. The Hall–Kier alpha value is -1.56. The van der Waals surface area contributed by atoms with Gasteiger partial charge in [-0.1, -0.05) is 43.2 Å². The number of thioether (sulfide) groups is 1. The highest BCUT2D eigenvalue weighted by Gasteiger charge is 2.20. The summed E-state index contributed by atoms with van der Waals surface area (Å²) in [5.74, 6) is -0.176. The highest BCUT2D eigenvalue weighted by Crippen LogP contribution is 2.29. The van der Waals surface area contributed by atoms with Gasteiger partial charge in [0.2, 0.25) is 6.54 Å². The van der Waals surface area contributed by atoms with E-state index in [1.807, 2.05) is 38.1 Å². The molecule has 1 aromatic rings. The van der Waals surface area contributed by atoms with E-state index in [2.05, 4.69) is 0 Å². The Morgan fingerprint density at radius 3 is 2.62 bits per heavy atom. The van der Waals surface area contributed by atoms with Crippen LogP contribution in [0.5, 0.6) is 0 Å². The molecule has 1 unspecified atom stereocenters. The predicted molar refractivity (Wildman–Crippen MR) is 84.1 cm³/mol. The van der Waals surface area contributed by atoms with E-state index in [4.69, 9.17) is 4.74 Å². The van der Waals surface area contributed by atoms with Crippen LogP contribution in [-0.2, 0) is 9.53 Å². The molecule has 5 nitrogen and oxygen atoms in total. The maximum atomic E-state index is 11.6. The van der Waals surface area contributed by atoms with Gasteiger partial charge in [0.15, 0.2) is 0 Å². The van der Waals surface area contributed by atoms with Gasteiger partial charge in [0.1, 0.15) is 0 Å². The number of nitro groups is 1. The van der Waals surface area contributed by atoms with E-state index in [1.54, 1.807) is 0 Å². The molecule has 0 aromatic heterocycles. The van der Waals surface area contributed by atoms with Crippen molar-refractivity contribution in [1.82, 2.24) is 0 Å². The Kier molecular flexibility index (Phi) is 7.82. The van der Waals surface area contributed by atoms with Gasteiger partial charge in [-0.15, -0.1) is 11.8 Å². The van der Waals surface area contributed by atoms with Crippen molar-refractivity contribution in [2.24, 2.45) is 0 Å². The van der Waals surface area contributed by atoms with Crippen LogP contribution in [0.3, 0.4) is 0 Å². The maximum absolute atomic E-state index is 11.6. The van der Waals surface area contributed by atoms with Crippen molar-refractivity contribution < 1.29 is 14.5 Å². The van der Waals surface area contributed by atoms with Gasteiger partial charge in [-0.25, -0.2) is 0 Å². The molecule has 116 valence electrons. The van der Waals surface area contributed by atoms with E-state index in [-0.39, 0.29) is 28.4 Å². The van der Waals surface area contributed by atoms with E-state index in [0.717, 1.165) is 24.0 Å². The molecule has 0 amide bonds. The number of rotatable bonds is 9. The van der Waals surface area contributed by atoms with Crippen LogP contribution in [0.4, 0.5) is 0 Å². The van der Waals surface area contributed by atoms with Gasteiger partial charge in [0.25, 0.3) is 0 Å². The Labute approximate surface area is 129 Å². The molecule has 1 rings (SSSR count). The standard InChI is InChI=1S/C15H21NO4S/c1-3-4-9-20-15(17)11-21-14(10-16(18)19)13-7-5-12(2)6-8-13/h5-8,14H,3-4,9-11H2,1-2H3. The monoisotopic (exact) mass is 311 g/mol. The number of aryl methyl sites for hydroxylation is 1. The number of ether oxygens (including phenoxy) is 1. The summed E-state index contributed by atoms with van der Waals surface area (Å²) in [6.45, 7) is 4.20.